The van der Waals surface area contributed by atoms with Crippen LogP contribution < -0.4 is 0 Å². The summed E-state index contributed by atoms with van der Waals surface area (Å²) in [4.78, 5) is 11.3. The van der Waals surface area contributed by atoms with E-state index in [4.69, 9.17) is 4.74 Å². The Morgan fingerprint density at radius 2 is 2.00 bits per heavy atom. The molecule has 0 unspecified atom stereocenters. The van der Waals surface area contributed by atoms with Crippen LogP contribution >= 0.6 is 0 Å². The number of ether oxygens (including phenoxy) is 1. The average molecular weight is 206 g/mol. The lowest BCUT2D eigenvalue weighted by atomic mass is 10.1. The van der Waals surface area contributed by atoms with E-state index < -0.39 is 0 Å². The first-order valence-electron chi connectivity index (χ1n) is 5.44. The predicted molar refractivity (Wildman–Crippen MR) is 60.6 cm³/mol. The molecule has 82 valence electrons. The van der Waals surface area contributed by atoms with Gasteiger partial charge in [-0.1, -0.05) is 44.2 Å². The zero-order valence-corrected chi connectivity index (χ0v) is 9.40. The molecule has 15 heavy (non-hydrogen) atoms. The molecule has 2 nitrogen and oxygen atoms in total. The van der Waals surface area contributed by atoms with E-state index in [0.717, 1.165) is 12.8 Å². The Hall–Kier alpha value is -1.31. The molecule has 0 radical (unpaired) electrons. The fourth-order valence-corrected chi connectivity index (χ4v) is 1.22. The molecule has 0 amide bonds. The van der Waals surface area contributed by atoms with E-state index in [0.29, 0.717) is 6.61 Å². The van der Waals surface area contributed by atoms with E-state index >= 15 is 0 Å². The van der Waals surface area contributed by atoms with Crippen LogP contribution in [0.2, 0.25) is 0 Å². The van der Waals surface area contributed by atoms with E-state index in [-0.39, 0.29) is 11.9 Å². The third-order valence-electron chi connectivity index (χ3n) is 2.49. The molecule has 0 bridgehead atoms. The van der Waals surface area contributed by atoms with E-state index in [1.807, 2.05) is 44.2 Å². The summed E-state index contributed by atoms with van der Waals surface area (Å²) in [5.41, 5.74) is 1.20. The van der Waals surface area contributed by atoms with Crippen LogP contribution in [0, 0.1) is 5.92 Å². The molecule has 0 aliphatic heterocycles. The summed E-state index contributed by atoms with van der Waals surface area (Å²) in [6.45, 7) is 4.36. The van der Waals surface area contributed by atoms with Gasteiger partial charge in [0.05, 0.1) is 12.5 Å². The van der Waals surface area contributed by atoms with Crippen LogP contribution in [0.1, 0.15) is 25.8 Å². The quantitative estimate of drug-likeness (QED) is 0.692. The first-order valence-corrected chi connectivity index (χ1v) is 5.44. The van der Waals surface area contributed by atoms with E-state index in [1.54, 1.807) is 0 Å². The van der Waals surface area contributed by atoms with Gasteiger partial charge in [0.15, 0.2) is 0 Å². The lowest BCUT2D eigenvalue weighted by molar-refractivity contribution is -0.147. The molecule has 0 saturated carbocycles. The van der Waals surface area contributed by atoms with Crippen LogP contribution in [0.3, 0.4) is 0 Å². The molecule has 0 aliphatic rings. The Labute approximate surface area is 91.3 Å². The fraction of sp³-hybridized carbons (Fsp3) is 0.462. The standard InChI is InChI=1S/C13H18O2/c1-3-11(2)13(14)15-10-9-12-7-5-4-6-8-12/h4-8,11H,3,9-10H2,1-2H3/t11-/m0/s1. The van der Waals surface area contributed by atoms with Crippen LogP contribution in [0.4, 0.5) is 0 Å². The number of hydrogen-bond acceptors (Lipinski definition) is 2. The highest BCUT2D eigenvalue weighted by atomic mass is 16.5. The van der Waals surface area contributed by atoms with Crippen molar-refractivity contribution in [2.45, 2.75) is 26.7 Å². The van der Waals surface area contributed by atoms with Gasteiger partial charge in [0.1, 0.15) is 0 Å². The second-order valence-electron chi connectivity index (χ2n) is 3.71. The molecular formula is C13H18O2. The average Bonchev–Trinajstić information content (AvgIpc) is 2.29. The third-order valence-corrected chi connectivity index (χ3v) is 2.49. The van der Waals surface area contributed by atoms with Gasteiger partial charge < -0.3 is 4.74 Å². The molecule has 0 heterocycles. The molecule has 0 aromatic heterocycles. The van der Waals surface area contributed by atoms with E-state index in [9.17, 15) is 4.79 Å². The molecule has 0 fully saturated rings. The van der Waals surface area contributed by atoms with Gasteiger partial charge in [0.25, 0.3) is 0 Å². The highest BCUT2D eigenvalue weighted by Gasteiger charge is 2.11. The normalized spacial score (nSPS) is 12.1. The molecule has 1 aromatic carbocycles. The number of carbonyl (C=O) groups excluding carboxylic acids is 1. The van der Waals surface area contributed by atoms with Crippen molar-refractivity contribution in [2.75, 3.05) is 6.61 Å². The zero-order valence-electron chi connectivity index (χ0n) is 9.40. The van der Waals surface area contributed by atoms with Gasteiger partial charge in [0, 0.05) is 6.42 Å². The van der Waals surface area contributed by atoms with Crippen molar-refractivity contribution in [3.8, 4) is 0 Å². The Balaban J connectivity index is 2.25. The predicted octanol–water partition coefficient (Wildman–Crippen LogP) is 2.82. The monoisotopic (exact) mass is 206 g/mol. The molecule has 2 heteroatoms. The van der Waals surface area contributed by atoms with Crippen LogP contribution in [0.5, 0.6) is 0 Å². The van der Waals surface area contributed by atoms with Gasteiger partial charge in [-0.25, -0.2) is 0 Å². The molecule has 1 atom stereocenters. The topological polar surface area (TPSA) is 26.3 Å². The van der Waals surface area contributed by atoms with Crippen molar-refractivity contribution in [2.24, 2.45) is 5.92 Å². The van der Waals surface area contributed by atoms with Crippen molar-refractivity contribution in [1.82, 2.24) is 0 Å². The van der Waals surface area contributed by atoms with Gasteiger partial charge in [-0.15, -0.1) is 0 Å². The molecule has 1 aromatic rings. The molecule has 0 saturated heterocycles. The highest BCUT2D eigenvalue weighted by molar-refractivity contribution is 5.71. The van der Waals surface area contributed by atoms with Crippen LogP contribution in [-0.4, -0.2) is 12.6 Å². The Kier molecular flexibility index (Phi) is 4.88. The maximum atomic E-state index is 11.3. The second kappa shape index (κ2) is 6.23. The Morgan fingerprint density at radius 3 is 2.60 bits per heavy atom. The minimum Gasteiger partial charge on any atom is -0.465 e. The largest absolute Gasteiger partial charge is 0.465 e. The zero-order chi connectivity index (χ0) is 11.1. The highest BCUT2D eigenvalue weighted by Crippen LogP contribution is 2.05. The maximum Gasteiger partial charge on any atom is 0.308 e. The maximum absolute atomic E-state index is 11.3. The summed E-state index contributed by atoms with van der Waals surface area (Å²) in [6.07, 6.45) is 1.63. The lowest BCUT2D eigenvalue weighted by Crippen LogP contribution is -2.15. The minimum absolute atomic E-state index is 0.0146. The number of benzene rings is 1. The lowest BCUT2D eigenvalue weighted by Gasteiger charge is -2.08. The van der Waals surface area contributed by atoms with Crippen molar-refractivity contribution < 1.29 is 9.53 Å². The smallest absolute Gasteiger partial charge is 0.308 e. The van der Waals surface area contributed by atoms with Crippen LogP contribution in [0.25, 0.3) is 0 Å². The Morgan fingerprint density at radius 1 is 1.33 bits per heavy atom. The summed E-state index contributed by atoms with van der Waals surface area (Å²) < 4.78 is 5.16. The summed E-state index contributed by atoms with van der Waals surface area (Å²) in [5, 5.41) is 0. The molecule has 0 N–H and O–H groups in total. The Bertz CT molecular complexity index is 293. The van der Waals surface area contributed by atoms with Crippen molar-refractivity contribution in [3.63, 3.8) is 0 Å². The van der Waals surface area contributed by atoms with Crippen molar-refractivity contribution >= 4 is 5.97 Å². The second-order valence-corrected chi connectivity index (χ2v) is 3.71. The van der Waals surface area contributed by atoms with Gasteiger partial charge in [-0.3, -0.25) is 4.79 Å². The number of carbonyl (C=O) groups is 1. The van der Waals surface area contributed by atoms with Gasteiger partial charge in [-0.2, -0.15) is 0 Å². The molecule has 1 rings (SSSR count). The van der Waals surface area contributed by atoms with Crippen molar-refractivity contribution in [3.05, 3.63) is 35.9 Å². The van der Waals surface area contributed by atoms with Crippen LogP contribution in [-0.2, 0) is 16.0 Å². The van der Waals surface area contributed by atoms with Crippen molar-refractivity contribution in [1.29, 1.82) is 0 Å². The number of hydrogen-bond donors (Lipinski definition) is 0. The summed E-state index contributed by atoms with van der Waals surface area (Å²) in [7, 11) is 0. The fourth-order valence-electron chi connectivity index (χ4n) is 1.22. The first kappa shape index (κ1) is 11.8. The molecule has 0 aliphatic carbocycles. The van der Waals surface area contributed by atoms with E-state index in [1.165, 1.54) is 5.56 Å². The molecular weight excluding hydrogens is 188 g/mol. The van der Waals surface area contributed by atoms with E-state index in [2.05, 4.69) is 0 Å². The molecule has 0 spiro atoms. The summed E-state index contributed by atoms with van der Waals surface area (Å²) >= 11 is 0. The van der Waals surface area contributed by atoms with Gasteiger partial charge >= 0.3 is 5.97 Å². The SMILES string of the molecule is CC[C@H](C)C(=O)OCCc1ccccc1. The summed E-state index contributed by atoms with van der Waals surface area (Å²) in [6, 6.07) is 10.0. The summed E-state index contributed by atoms with van der Waals surface area (Å²) in [5.74, 6) is -0.0748. The third kappa shape index (κ3) is 4.15. The van der Waals surface area contributed by atoms with Crippen LogP contribution in [0.15, 0.2) is 30.3 Å². The number of rotatable bonds is 5. The minimum atomic E-state index is -0.0894. The van der Waals surface area contributed by atoms with Gasteiger partial charge in [-0.05, 0) is 12.0 Å². The first-order chi connectivity index (χ1) is 7.24. The van der Waals surface area contributed by atoms with Gasteiger partial charge in [0.2, 0.25) is 0 Å². The number of esters is 1.